The summed E-state index contributed by atoms with van der Waals surface area (Å²) < 4.78 is 17.0. The monoisotopic (exact) mass is 327 g/mol. The van der Waals surface area contributed by atoms with E-state index in [4.69, 9.17) is 14.2 Å². The second-order valence-corrected chi connectivity index (χ2v) is 6.03. The van der Waals surface area contributed by atoms with E-state index in [1.807, 2.05) is 30.3 Å². The van der Waals surface area contributed by atoms with Gasteiger partial charge in [0.2, 0.25) is 0 Å². The van der Waals surface area contributed by atoms with Gasteiger partial charge < -0.3 is 19.5 Å². The molecule has 1 fully saturated rings. The van der Waals surface area contributed by atoms with Crippen LogP contribution in [0.15, 0.2) is 48.5 Å². The number of ether oxygens (including phenoxy) is 3. The number of methoxy groups -OCH3 is 1. The first-order valence-corrected chi connectivity index (χ1v) is 8.51. The molecule has 0 aromatic heterocycles. The molecule has 0 spiro atoms. The number of hydrogen-bond donors (Lipinski definition) is 1. The molecule has 1 N–H and O–H groups in total. The van der Waals surface area contributed by atoms with Crippen LogP contribution in [0.4, 0.5) is 0 Å². The van der Waals surface area contributed by atoms with Gasteiger partial charge in [0.25, 0.3) is 0 Å². The molecule has 1 atom stereocenters. The van der Waals surface area contributed by atoms with Crippen LogP contribution in [0.1, 0.15) is 24.0 Å². The number of nitrogens with one attached hydrogen (secondary N) is 1. The van der Waals surface area contributed by atoms with Crippen molar-refractivity contribution in [2.24, 2.45) is 0 Å². The lowest BCUT2D eigenvalue weighted by molar-refractivity contribution is 0.110. The smallest absolute Gasteiger partial charge is 0.161 e. The Kier molecular flexibility index (Phi) is 6.10. The van der Waals surface area contributed by atoms with Gasteiger partial charge in [-0.25, -0.2) is 0 Å². The Bertz CT molecular complexity index is 624. The molecule has 0 amide bonds. The van der Waals surface area contributed by atoms with Crippen molar-refractivity contribution >= 4 is 0 Å². The first-order chi connectivity index (χ1) is 11.8. The predicted molar refractivity (Wildman–Crippen MR) is 94.4 cm³/mol. The van der Waals surface area contributed by atoms with Crippen LogP contribution in [0, 0.1) is 0 Å². The molecule has 1 aliphatic heterocycles. The van der Waals surface area contributed by atoms with Gasteiger partial charge in [-0.2, -0.15) is 0 Å². The van der Waals surface area contributed by atoms with Crippen molar-refractivity contribution in [2.45, 2.75) is 32.1 Å². The minimum Gasteiger partial charge on any atom is -0.493 e. The summed E-state index contributed by atoms with van der Waals surface area (Å²) >= 11 is 0. The van der Waals surface area contributed by atoms with E-state index >= 15 is 0 Å². The van der Waals surface area contributed by atoms with E-state index in [0.717, 1.165) is 43.2 Å². The molecule has 2 aromatic carbocycles. The van der Waals surface area contributed by atoms with E-state index in [0.29, 0.717) is 12.7 Å². The van der Waals surface area contributed by atoms with Crippen molar-refractivity contribution in [3.05, 3.63) is 59.7 Å². The van der Waals surface area contributed by atoms with Crippen LogP contribution in [-0.2, 0) is 17.9 Å². The molecule has 0 radical (unpaired) electrons. The van der Waals surface area contributed by atoms with Gasteiger partial charge in [0.05, 0.1) is 13.2 Å². The molecular weight excluding hydrogens is 302 g/mol. The fraction of sp³-hybridized carbons (Fsp3) is 0.400. The molecule has 2 aromatic rings. The lowest BCUT2D eigenvalue weighted by Gasteiger charge is -2.14. The summed E-state index contributed by atoms with van der Waals surface area (Å²) in [7, 11) is 1.67. The molecule has 1 aliphatic rings. The average Bonchev–Trinajstić information content (AvgIpc) is 3.14. The van der Waals surface area contributed by atoms with Crippen LogP contribution in [0.25, 0.3) is 0 Å². The predicted octanol–water partition coefficient (Wildman–Crippen LogP) is 3.54. The summed E-state index contributed by atoms with van der Waals surface area (Å²) in [5, 5.41) is 3.46. The first kappa shape index (κ1) is 16.8. The normalized spacial score (nSPS) is 17.0. The highest BCUT2D eigenvalue weighted by atomic mass is 16.5. The van der Waals surface area contributed by atoms with Crippen LogP contribution >= 0.6 is 0 Å². The summed E-state index contributed by atoms with van der Waals surface area (Å²) in [4.78, 5) is 0. The average molecular weight is 327 g/mol. The molecule has 0 saturated carbocycles. The lowest BCUT2D eigenvalue weighted by Crippen LogP contribution is -2.25. The van der Waals surface area contributed by atoms with Gasteiger partial charge in [-0.05, 0) is 36.1 Å². The van der Waals surface area contributed by atoms with Crippen molar-refractivity contribution in [3.8, 4) is 11.5 Å². The molecule has 4 nitrogen and oxygen atoms in total. The zero-order chi connectivity index (χ0) is 16.6. The molecular formula is C20H25NO3. The quantitative estimate of drug-likeness (QED) is 0.805. The van der Waals surface area contributed by atoms with E-state index in [1.165, 1.54) is 12.0 Å². The zero-order valence-corrected chi connectivity index (χ0v) is 14.2. The van der Waals surface area contributed by atoms with Gasteiger partial charge in [0, 0.05) is 19.7 Å². The highest BCUT2D eigenvalue weighted by molar-refractivity contribution is 5.43. The van der Waals surface area contributed by atoms with E-state index < -0.39 is 0 Å². The maximum absolute atomic E-state index is 5.96. The summed E-state index contributed by atoms with van der Waals surface area (Å²) in [6, 6.07) is 16.2. The zero-order valence-electron chi connectivity index (χ0n) is 14.2. The first-order valence-electron chi connectivity index (χ1n) is 8.51. The van der Waals surface area contributed by atoms with Crippen LogP contribution in [0.5, 0.6) is 11.5 Å². The highest BCUT2D eigenvalue weighted by Crippen LogP contribution is 2.29. The second kappa shape index (κ2) is 8.71. The molecule has 24 heavy (non-hydrogen) atoms. The van der Waals surface area contributed by atoms with Crippen LogP contribution in [0.2, 0.25) is 0 Å². The third kappa shape index (κ3) is 4.73. The van der Waals surface area contributed by atoms with Crippen LogP contribution < -0.4 is 14.8 Å². The fourth-order valence-corrected chi connectivity index (χ4v) is 2.86. The Morgan fingerprint density at radius 1 is 1.08 bits per heavy atom. The molecule has 4 heteroatoms. The van der Waals surface area contributed by atoms with E-state index in [1.54, 1.807) is 7.11 Å². The van der Waals surface area contributed by atoms with E-state index in [2.05, 4.69) is 23.5 Å². The van der Waals surface area contributed by atoms with E-state index in [9.17, 15) is 0 Å². The van der Waals surface area contributed by atoms with Gasteiger partial charge in [0.1, 0.15) is 6.61 Å². The van der Waals surface area contributed by atoms with Crippen LogP contribution in [0.3, 0.4) is 0 Å². The Labute approximate surface area is 143 Å². The molecule has 128 valence electrons. The Morgan fingerprint density at radius 2 is 1.96 bits per heavy atom. The summed E-state index contributed by atoms with van der Waals surface area (Å²) in [5.41, 5.74) is 2.32. The van der Waals surface area contributed by atoms with Crippen molar-refractivity contribution in [3.63, 3.8) is 0 Å². The fourth-order valence-electron chi connectivity index (χ4n) is 2.86. The summed E-state index contributed by atoms with van der Waals surface area (Å²) in [6.07, 6.45) is 2.69. The topological polar surface area (TPSA) is 39.7 Å². The largest absolute Gasteiger partial charge is 0.493 e. The molecule has 0 bridgehead atoms. The van der Waals surface area contributed by atoms with Crippen molar-refractivity contribution in [1.29, 1.82) is 0 Å². The van der Waals surface area contributed by atoms with E-state index in [-0.39, 0.29) is 0 Å². The minimum atomic E-state index is 0.358. The van der Waals surface area contributed by atoms with Gasteiger partial charge in [-0.15, -0.1) is 0 Å². The highest BCUT2D eigenvalue weighted by Gasteiger charge is 2.14. The van der Waals surface area contributed by atoms with Gasteiger partial charge in [0.15, 0.2) is 11.5 Å². The SMILES string of the molecule is COc1ccc(CNC[C@H]2CCCO2)cc1OCc1ccccc1. The number of hydrogen-bond acceptors (Lipinski definition) is 4. The molecule has 1 heterocycles. The molecule has 0 unspecified atom stereocenters. The summed E-state index contributed by atoms with van der Waals surface area (Å²) in [6.45, 7) is 3.12. The minimum absolute atomic E-state index is 0.358. The summed E-state index contributed by atoms with van der Waals surface area (Å²) in [5.74, 6) is 1.53. The molecule has 0 aliphatic carbocycles. The van der Waals surface area contributed by atoms with Gasteiger partial charge in [-0.1, -0.05) is 36.4 Å². The van der Waals surface area contributed by atoms with Crippen LogP contribution in [-0.4, -0.2) is 26.4 Å². The van der Waals surface area contributed by atoms with Crippen molar-refractivity contribution in [1.82, 2.24) is 5.32 Å². The Hall–Kier alpha value is -2.04. The molecule has 3 rings (SSSR count). The molecule has 1 saturated heterocycles. The van der Waals surface area contributed by atoms with Crippen molar-refractivity contribution < 1.29 is 14.2 Å². The Balaban J connectivity index is 1.57. The number of rotatable bonds is 8. The lowest BCUT2D eigenvalue weighted by atomic mass is 10.2. The van der Waals surface area contributed by atoms with Gasteiger partial charge >= 0.3 is 0 Å². The third-order valence-corrected chi connectivity index (χ3v) is 4.19. The second-order valence-electron chi connectivity index (χ2n) is 6.03. The standard InChI is InChI=1S/C20H25NO3/c1-22-19-10-9-17(13-21-14-18-8-5-11-23-18)12-20(19)24-15-16-6-3-2-4-7-16/h2-4,6-7,9-10,12,18,21H,5,8,11,13-15H2,1H3/t18-/m1/s1. The Morgan fingerprint density at radius 3 is 2.71 bits per heavy atom. The number of benzene rings is 2. The van der Waals surface area contributed by atoms with Gasteiger partial charge in [-0.3, -0.25) is 0 Å². The van der Waals surface area contributed by atoms with Crippen molar-refractivity contribution in [2.75, 3.05) is 20.3 Å². The maximum Gasteiger partial charge on any atom is 0.161 e. The maximum atomic E-state index is 5.96. The third-order valence-electron chi connectivity index (χ3n) is 4.19.